The molecule has 1 heterocycles. The van der Waals surface area contributed by atoms with Crippen molar-refractivity contribution in [2.45, 2.75) is 64.5 Å². The summed E-state index contributed by atoms with van der Waals surface area (Å²) in [6.45, 7) is 7.96. The minimum absolute atomic E-state index is 0.141. The van der Waals surface area contributed by atoms with Crippen molar-refractivity contribution in [2.24, 2.45) is 0 Å². The highest BCUT2D eigenvalue weighted by Gasteiger charge is 2.47. The maximum atomic E-state index is 12.4. The number of carbonyl (C=O) groups is 1. The van der Waals surface area contributed by atoms with E-state index in [9.17, 15) is 18.4 Å². The first kappa shape index (κ1) is 21.5. The van der Waals surface area contributed by atoms with E-state index in [0.29, 0.717) is 17.9 Å². The first-order valence-corrected chi connectivity index (χ1v) is 11.6. The number of nitrogens with zero attached hydrogens (tertiary/aromatic N) is 1. The molecule has 8 heteroatoms. The topological polar surface area (TPSA) is 86.7 Å². The standard InChI is InChI=1S/C16H30N2O4S2/c1-15(2)12-13(16(3,4)18(15)20)14(19)17-10-8-6-7-9-11-23-24(5,21)22/h12,20H,6-11H2,1-5H3,(H,17,19). The highest BCUT2D eigenvalue weighted by atomic mass is 33.1. The maximum Gasteiger partial charge on any atom is 0.248 e. The predicted molar refractivity (Wildman–Crippen MR) is 98.6 cm³/mol. The van der Waals surface area contributed by atoms with Crippen LogP contribution in [0.2, 0.25) is 0 Å². The summed E-state index contributed by atoms with van der Waals surface area (Å²) in [6, 6.07) is 0. The number of hydroxylamine groups is 2. The fourth-order valence-electron chi connectivity index (χ4n) is 2.86. The summed E-state index contributed by atoms with van der Waals surface area (Å²) < 4.78 is 22.0. The zero-order valence-electron chi connectivity index (χ0n) is 15.3. The Morgan fingerprint density at radius 2 is 1.79 bits per heavy atom. The molecular formula is C16H30N2O4S2. The monoisotopic (exact) mass is 378 g/mol. The van der Waals surface area contributed by atoms with Crippen molar-refractivity contribution in [1.82, 2.24) is 10.4 Å². The molecule has 0 bridgehead atoms. The highest BCUT2D eigenvalue weighted by Crippen LogP contribution is 2.38. The van der Waals surface area contributed by atoms with Crippen molar-refractivity contribution >= 4 is 25.6 Å². The maximum absolute atomic E-state index is 12.4. The van der Waals surface area contributed by atoms with Gasteiger partial charge in [-0.1, -0.05) is 18.9 Å². The fourth-order valence-corrected chi connectivity index (χ4v) is 4.74. The van der Waals surface area contributed by atoms with Crippen LogP contribution in [-0.2, 0) is 13.7 Å². The Kier molecular flexibility index (Phi) is 7.34. The lowest BCUT2D eigenvalue weighted by molar-refractivity contribution is -0.186. The second-order valence-electron chi connectivity index (χ2n) is 7.28. The third kappa shape index (κ3) is 6.06. The van der Waals surface area contributed by atoms with Crippen LogP contribution in [0.5, 0.6) is 0 Å². The second kappa shape index (κ2) is 8.21. The second-order valence-corrected chi connectivity index (χ2v) is 11.9. The Morgan fingerprint density at radius 1 is 1.21 bits per heavy atom. The first-order chi connectivity index (χ1) is 10.9. The van der Waals surface area contributed by atoms with Gasteiger partial charge in [0, 0.05) is 24.1 Å². The normalized spacial score (nSPS) is 20.0. The molecule has 0 aromatic heterocycles. The van der Waals surface area contributed by atoms with Gasteiger partial charge in [-0.2, -0.15) is 5.06 Å². The summed E-state index contributed by atoms with van der Waals surface area (Å²) in [5.41, 5.74) is -0.691. The van der Waals surface area contributed by atoms with E-state index in [1.807, 2.05) is 33.8 Å². The molecule has 6 nitrogen and oxygen atoms in total. The highest BCUT2D eigenvalue weighted by molar-refractivity contribution is 8.71. The van der Waals surface area contributed by atoms with Crippen LogP contribution in [0.15, 0.2) is 11.6 Å². The van der Waals surface area contributed by atoms with E-state index in [0.717, 1.165) is 36.5 Å². The molecule has 1 rings (SSSR count). The van der Waals surface area contributed by atoms with Crippen LogP contribution in [0.4, 0.5) is 0 Å². The summed E-state index contributed by atoms with van der Waals surface area (Å²) in [5.74, 6) is 0.477. The van der Waals surface area contributed by atoms with Gasteiger partial charge >= 0.3 is 0 Å². The summed E-state index contributed by atoms with van der Waals surface area (Å²) in [5, 5.41) is 14.3. The van der Waals surface area contributed by atoms with Gasteiger partial charge in [-0.15, -0.1) is 0 Å². The quantitative estimate of drug-likeness (QED) is 0.474. The SMILES string of the molecule is CC1(C)C=C(C(=O)NCCCCCCSS(C)(=O)=O)C(C)(C)N1O. The molecule has 0 saturated carbocycles. The van der Waals surface area contributed by atoms with E-state index in [1.165, 1.54) is 11.3 Å². The van der Waals surface area contributed by atoms with Crippen molar-refractivity contribution in [1.29, 1.82) is 0 Å². The molecule has 24 heavy (non-hydrogen) atoms. The Hall–Kier alpha value is -0.570. The molecule has 0 fully saturated rings. The number of nitrogens with one attached hydrogen (secondary N) is 1. The molecule has 1 aliphatic heterocycles. The summed E-state index contributed by atoms with van der Waals surface area (Å²) in [4.78, 5) is 12.4. The molecule has 0 aromatic rings. The van der Waals surface area contributed by atoms with Crippen molar-refractivity contribution in [3.05, 3.63) is 11.6 Å². The number of hydrogen-bond donors (Lipinski definition) is 2. The lowest BCUT2D eigenvalue weighted by Crippen LogP contribution is -2.49. The average Bonchev–Trinajstić information content (AvgIpc) is 2.60. The van der Waals surface area contributed by atoms with E-state index in [2.05, 4.69) is 5.32 Å². The van der Waals surface area contributed by atoms with Crippen LogP contribution < -0.4 is 5.32 Å². The lowest BCUT2D eigenvalue weighted by Gasteiger charge is -2.35. The summed E-state index contributed by atoms with van der Waals surface area (Å²) in [7, 11) is -1.95. The number of hydrogen-bond acceptors (Lipinski definition) is 6. The Labute approximate surface area is 149 Å². The predicted octanol–water partition coefficient (Wildman–Crippen LogP) is 2.54. The number of unbranched alkanes of at least 4 members (excludes halogenated alkanes) is 3. The Balaban J connectivity index is 2.28. The first-order valence-electron chi connectivity index (χ1n) is 8.23. The number of amides is 1. The van der Waals surface area contributed by atoms with Crippen molar-refractivity contribution < 1.29 is 18.4 Å². The van der Waals surface area contributed by atoms with Crippen molar-refractivity contribution in [2.75, 3.05) is 18.6 Å². The minimum atomic E-state index is -2.94. The lowest BCUT2D eigenvalue weighted by atomic mass is 9.96. The fraction of sp³-hybridized carbons (Fsp3) is 0.812. The third-order valence-corrected chi connectivity index (χ3v) is 6.80. The van der Waals surface area contributed by atoms with E-state index >= 15 is 0 Å². The molecule has 1 aliphatic rings. The Bertz CT molecular complexity index is 583. The third-order valence-electron chi connectivity index (χ3n) is 4.13. The smallest absolute Gasteiger partial charge is 0.248 e. The van der Waals surface area contributed by atoms with E-state index in [4.69, 9.17) is 0 Å². The van der Waals surface area contributed by atoms with Gasteiger partial charge in [-0.25, -0.2) is 8.42 Å². The van der Waals surface area contributed by atoms with E-state index in [-0.39, 0.29) is 5.91 Å². The van der Waals surface area contributed by atoms with Gasteiger partial charge < -0.3 is 10.5 Å². The largest absolute Gasteiger partial charge is 0.352 e. The summed E-state index contributed by atoms with van der Waals surface area (Å²) >= 11 is 0. The molecule has 0 saturated heterocycles. The van der Waals surface area contributed by atoms with Gasteiger partial charge in [0.05, 0.1) is 11.1 Å². The molecule has 140 valence electrons. The van der Waals surface area contributed by atoms with Crippen LogP contribution in [0.3, 0.4) is 0 Å². The minimum Gasteiger partial charge on any atom is -0.352 e. The molecule has 0 spiro atoms. The van der Waals surface area contributed by atoms with Gasteiger partial charge in [0.2, 0.25) is 5.91 Å². The van der Waals surface area contributed by atoms with Gasteiger partial charge in [0.1, 0.15) is 0 Å². The van der Waals surface area contributed by atoms with Crippen LogP contribution in [0, 0.1) is 0 Å². The molecule has 1 amide bonds. The van der Waals surface area contributed by atoms with Gasteiger partial charge in [-0.3, -0.25) is 4.79 Å². The van der Waals surface area contributed by atoms with E-state index < -0.39 is 19.9 Å². The average molecular weight is 379 g/mol. The van der Waals surface area contributed by atoms with Gasteiger partial charge in [-0.05, 0) is 51.3 Å². The van der Waals surface area contributed by atoms with Gasteiger partial charge in [0.25, 0.3) is 0 Å². The zero-order chi connectivity index (χ0) is 18.6. The van der Waals surface area contributed by atoms with Crippen molar-refractivity contribution in [3.8, 4) is 0 Å². The molecular weight excluding hydrogens is 348 g/mol. The van der Waals surface area contributed by atoms with E-state index in [1.54, 1.807) is 0 Å². The van der Waals surface area contributed by atoms with Crippen LogP contribution in [0.1, 0.15) is 53.4 Å². The zero-order valence-corrected chi connectivity index (χ0v) is 16.9. The van der Waals surface area contributed by atoms with Crippen LogP contribution >= 0.6 is 10.8 Å². The van der Waals surface area contributed by atoms with Crippen LogP contribution in [0.25, 0.3) is 0 Å². The summed E-state index contributed by atoms with van der Waals surface area (Å²) in [6.07, 6.45) is 6.65. The molecule has 0 aliphatic carbocycles. The Morgan fingerprint density at radius 3 is 2.29 bits per heavy atom. The van der Waals surface area contributed by atoms with Gasteiger partial charge in [0.15, 0.2) is 8.87 Å². The molecule has 0 aromatic carbocycles. The van der Waals surface area contributed by atoms with Crippen molar-refractivity contribution in [3.63, 3.8) is 0 Å². The number of rotatable bonds is 9. The molecule has 0 unspecified atom stereocenters. The molecule has 0 radical (unpaired) electrons. The number of carbonyl (C=O) groups excluding carboxylic acids is 1. The molecule has 0 atom stereocenters. The molecule has 2 N–H and O–H groups in total. The van der Waals surface area contributed by atoms with Crippen LogP contribution in [-0.4, -0.2) is 54.2 Å².